The zero-order valence-corrected chi connectivity index (χ0v) is 18.6. The monoisotopic (exact) mass is 426 g/mol. The lowest BCUT2D eigenvalue weighted by Gasteiger charge is -2.23. The molecule has 0 atom stereocenters. The van der Waals surface area contributed by atoms with Crippen LogP contribution < -0.4 is 9.80 Å². The van der Waals surface area contributed by atoms with E-state index in [1.54, 1.807) is 4.90 Å². The fourth-order valence-electron chi connectivity index (χ4n) is 4.34. The zero-order chi connectivity index (χ0) is 22.2. The number of aromatic nitrogens is 4. The summed E-state index contributed by atoms with van der Waals surface area (Å²) in [5, 5.41) is 4.70. The van der Waals surface area contributed by atoms with Crippen LogP contribution in [0.3, 0.4) is 0 Å². The van der Waals surface area contributed by atoms with Crippen molar-refractivity contribution in [3.63, 3.8) is 0 Å². The minimum absolute atomic E-state index is 0.0185. The smallest absolute Gasteiger partial charge is 0.232 e. The summed E-state index contributed by atoms with van der Waals surface area (Å²) in [6, 6.07) is 17.8. The summed E-state index contributed by atoms with van der Waals surface area (Å²) in [5.74, 6) is 1.41. The summed E-state index contributed by atoms with van der Waals surface area (Å²) in [5.41, 5.74) is 5.44. The van der Waals surface area contributed by atoms with E-state index in [-0.39, 0.29) is 12.3 Å². The number of rotatable bonds is 3. The van der Waals surface area contributed by atoms with Gasteiger partial charge in [-0.15, -0.1) is 0 Å². The second-order valence-corrected chi connectivity index (χ2v) is 8.25. The molecule has 2 aromatic carbocycles. The lowest BCUT2D eigenvalue weighted by atomic mass is 10.1. The molecular weight excluding hydrogens is 400 g/mol. The molecule has 162 valence electrons. The molecule has 4 aromatic rings. The molecule has 2 aromatic heterocycles. The Morgan fingerprint density at radius 3 is 2.28 bits per heavy atom. The van der Waals surface area contributed by atoms with Crippen LogP contribution in [0.1, 0.15) is 23.4 Å². The first-order chi connectivity index (χ1) is 15.5. The molecular formula is C25H26N6O. The molecule has 0 fully saturated rings. The Kier molecular flexibility index (Phi) is 5.09. The quantitative estimate of drug-likeness (QED) is 0.498. The van der Waals surface area contributed by atoms with Crippen molar-refractivity contribution in [2.24, 2.45) is 0 Å². The number of nitrogens with zero attached hydrogens (tertiary/aromatic N) is 6. The molecule has 7 heteroatoms. The van der Waals surface area contributed by atoms with Crippen molar-refractivity contribution in [1.82, 2.24) is 19.7 Å². The first kappa shape index (κ1) is 20.2. The van der Waals surface area contributed by atoms with E-state index in [1.807, 2.05) is 80.2 Å². The van der Waals surface area contributed by atoms with Gasteiger partial charge in [-0.25, -0.2) is 14.6 Å². The second kappa shape index (κ2) is 8.07. The maximum Gasteiger partial charge on any atom is 0.232 e. The molecule has 1 aliphatic heterocycles. The third-order valence-corrected chi connectivity index (χ3v) is 6.10. The summed E-state index contributed by atoms with van der Waals surface area (Å²) >= 11 is 0. The number of aryl methyl sites for hydroxylation is 1. The van der Waals surface area contributed by atoms with Crippen molar-refractivity contribution >= 4 is 28.6 Å². The van der Waals surface area contributed by atoms with Crippen molar-refractivity contribution < 1.29 is 4.79 Å². The molecule has 1 amide bonds. The highest BCUT2D eigenvalue weighted by Gasteiger charge is 2.28. The van der Waals surface area contributed by atoms with Gasteiger partial charge in [0.15, 0.2) is 11.6 Å². The van der Waals surface area contributed by atoms with Gasteiger partial charge >= 0.3 is 0 Å². The molecule has 0 bridgehead atoms. The van der Waals surface area contributed by atoms with Crippen LogP contribution in [0.5, 0.6) is 0 Å². The number of hydrogen-bond acceptors (Lipinski definition) is 5. The number of benzene rings is 2. The van der Waals surface area contributed by atoms with Gasteiger partial charge in [0.05, 0.1) is 28.8 Å². The average molecular weight is 427 g/mol. The number of anilines is 2. The molecule has 0 saturated carbocycles. The normalized spacial score (nSPS) is 13.8. The van der Waals surface area contributed by atoms with Crippen LogP contribution in [0.2, 0.25) is 0 Å². The first-order valence-electron chi connectivity index (χ1n) is 10.9. The highest BCUT2D eigenvalue weighted by Crippen LogP contribution is 2.31. The topological polar surface area (TPSA) is 67.2 Å². The molecule has 0 unspecified atom stereocenters. The third-order valence-electron chi connectivity index (χ3n) is 6.10. The van der Waals surface area contributed by atoms with Crippen molar-refractivity contribution in [3.05, 3.63) is 71.5 Å². The van der Waals surface area contributed by atoms with Crippen LogP contribution >= 0.6 is 0 Å². The lowest BCUT2D eigenvalue weighted by Crippen LogP contribution is -2.34. The molecule has 1 aliphatic rings. The van der Waals surface area contributed by atoms with Crippen molar-refractivity contribution in [1.29, 1.82) is 0 Å². The van der Waals surface area contributed by atoms with Crippen LogP contribution in [0.4, 0.5) is 11.6 Å². The van der Waals surface area contributed by atoms with E-state index in [2.05, 4.69) is 4.90 Å². The standard InChI is InChI=1S/C25H26N6O/c1-17-20(18(2)31(28-17)19-10-5-4-6-11-19)16-23(32)30-15-9-14-29(3)24-25(30)27-22-13-8-7-12-21(22)26-24/h4-8,10-13H,9,14-16H2,1-3H3. The van der Waals surface area contributed by atoms with Crippen LogP contribution in [0.25, 0.3) is 16.7 Å². The zero-order valence-electron chi connectivity index (χ0n) is 18.6. The number of carbonyl (C=O) groups excluding carboxylic acids is 1. The fourth-order valence-corrected chi connectivity index (χ4v) is 4.34. The highest BCUT2D eigenvalue weighted by molar-refractivity contribution is 5.98. The van der Waals surface area contributed by atoms with Gasteiger partial charge in [0.1, 0.15) is 0 Å². The summed E-state index contributed by atoms with van der Waals surface area (Å²) in [6.07, 6.45) is 1.14. The van der Waals surface area contributed by atoms with Crippen molar-refractivity contribution in [3.8, 4) is 5.69 Å². The molecule has 5 rings (SSSR count). The SMILES string of the molecule is Cc1nn(-c2ccccc2)c(C)c1CC(=O)N1CCCN(C)c2nc3ccccc3nc21. The summed E-state index contributed by atoms with van der Waals surface area (Å²) in [7, 11) is 2.01. The lowest BCUT2D eigenvalue weighted by molar-refractivity contribution is -0.118. The molecule has 32 heavy (non-hydrogen) atoms. The van der Waals surface area contributed by atoms with Crippen molar-refractivity contribution in [2.75, 3.05) is 29.9 Å². The molecule has 3 heterocycles. The Balaban J connectivity index is 1.51. The van der Waals surface area contributed by atoms with Gasteiger partial charge in [-0.05, 0) is 44.5 Å². The molecule has 0 radical (unpaired) electrons. The average Bonchev–Trinajstić information content (AvgIpc) is 2.99. The van der Waals surface area contributed by atoms with E-state index in [9.17, 15) is 4.79 Å². The molecule has 0 N–H and O–H groups in total. The van der Waals surface area contributed by atoms with Gasteiger partial charge in [0.25, 0.3) is 0 Å². The molecule has 0 aliphatic carbocycles. The predicted octanol–water partition coefficient (Wildman–Crippen LogP) is 3.85. The largest absolute Gasteiger partial charge is 0.357 e. The molecule has 0 saturated heterocycles. The Hall–Kier alpha value is -3.74. The third kappa shape index (κ3) is 3.49. The van der Waals surface area contributed by atoms with E-state index in [4.69, 9.17) is 15.1 Å². The van der Waals surface area contributed by atoms with Crippen molar-refractivity contribution in [2.45, 2.75) is 26.7 Å². The van der Waals surface area contributed by atoms with Gasteiger partial charge in [-0.2, -0.15) is 5.10 Å². The minimum atomic E-state index is 0.0185. The summed E-state index contributed by atoms with van der Waals surface area (Å²) < 4.78 is 1.91. The summed E-state index contributed by atoms with van der Waals surface area (Å²) in [6.45, 7) is 5.43. The Morgan fingerprint density at radius 2 is 1.56 bits per heavy atom. The molecule has 0 spiro atoms. The molecule has 7 nitrogen and oxygen atoms in total. The van der Waals surface area contributed by atoms with Gasteiger partial charge in [0.2, 0.25) is 5.91 Å². The van der Waals surface area contributed by atoms with E-state index in [1.165, 1.54) is 0 Å². The van der Waals surface area contributed by atoms with Gasteiger partial charge < -0.3 is 4.90 Å². The summed E-state index contributed by atoms with van der Waals surface area (Å²) in [4.78, 5) is 27.1. The first-order valence-corrected chi connectivity index (χ1v) is 10.9. The number of para-hydroxylation sites is 3. The van der Waals surface area contributed by atoms with E-state index in [0.29, 0.717) is 12.4 Å². The van der Waals surface area contributed by atoms with Gasteiger partial charge in [-0.3, -0.25) is 9.69 Å². The van der Waals surface area contributed by atoms with E-state index in [0.717, 1.165) is 52.5 Å². The van der Waals surface area contributed by atoms with E-state index >= 15 is 0 Å². The number of fused-ring (bicyclic) bond motifs is 2. The van der Waals surface area contributed by atoms with Crippen LogP contribution in [-0.4, -0.2) is 45.8 Å². The van der Waals surface area contributed by atoms with E-state index < -0.39 is 0 Å². The Bertz CT molecular complexity index is 1300. The number of carbonyl (C=O) groups is 1. The predicted molar refractivity (Wildman–Crippen MR) is 127 cm³/mol. The minimum Gasteiger partial charge on any atom is -0.357 e. The number of hydrogen-bond donors (Lipinski definition) is 0. The Labute approximate surface area is 187 Å². The van der Waals surface area contributed by atoms with Crippen LogP contribution in [-0.2, 0) is 11.2 Å². The van der Waals surface area contributed by atoms with Crippen LogP contribution in [0, 0.1) is 13.8 Å². The highest BCUT2D eigenvalue weighted by atomic mass is 16.2. The fraction of sp³-hybridized carbons (Fsp3) is 0.280. The Morgan fingerprint density at radius 1 is 0.906 bits per heavy atom. The maximum absolute atomic E-state index is 13.6. The van der Waals surface area contributed by atoms with Gasteiger partial charge in [0, 0.05) is 31.4 Å². The van der Waals surface area contributed by atoms with Gasteiger partial charge in [-0.1, -0.05) is 30.3 Å². The second-order valence-electron chi connectivity index (χ2n) is 8.25. The van der Waals surface area contributed by atoms with Crippen LogP contribution in [0.15, 0.2) is 54.6 Å². The number of amides is 1. The maximum atomic E-state index is 13.6.